The molecule has 2 bridgehead atoms. The third-order valence-corrected chi connectivity index (χ3v) is 14.8. The Bertz CT molecular complexity index is 1220. The van der Waals surface area contributed by atoms with Crippen LogP contribution in [0.1, 0.15) is 107 Å². The lowest BCUT2D eigenvalue weighted by atomic mass is 9.32. The van der Waals surface area contributed by atoms with Crippen LogP contribution in [0.2, 0.25) is 0 Å². The Morgan fingerprint density at radius 2 is 1.74 bits per heavy atom. The summed E-state index contributed by atoms with van der Waals surface area (Å²) in [5, 5.41) is 11.0. The first-order chi connectivity index (χ1) is 19.6. The van der Waals surface area contributed by atoms with Crippen LogP contribution >= 0.6 is 0 Å². The second kappa shape index (κ2) is 9.42. The molecule has 2 aliphatic heterocycles. The van der Waals surface area contributed by atoms with Crippen LogP contribution in [0.15, 0.2) is 23.3 Å². The number of rotatable bonds is 4. The zero-order valence-corrected chi connectivity index (χ0v) is 27.5. The van der Waals surface area contributed by atoms with E-state index in [4.69, 9.17) is 14.2 Å². The minimum Gasteiger partial charge on any atom is -0.481 e. The van der Waals surface area contributed by atoms with Crippen molar-refractivity contribution in [2.24, 2.45) is 56.7 Å². The minimum absolute atomic E-state index is 0.0384. The van der Waals surface area contributed by atoms with Crippen molar-refractivity contribution in [3.63, 3.8) is 0 Å². The SMILES string of the molecule is COC12CCC3(CO1)C(CCC1(C)C3CC=C3C4C(C)C(C)CC(OC(=O)C=C(C)C)C4(C(=O)O)CCC31C)C2(C)C. The molecule has 1 N–H and O–H groups in total. The number of fused-ring (bicyclic) bond motifs is 7. The first-order valence-electron chi connectivity index (χ1n) is 16.5. The van der Waals surface area contributed by atoms with Crippen molar-refractivity contribution in [3.8, 4) is 0 Å². The van der Waals surface area contributed by atoms with E-state index in [-0.39, 0.29) is 39.4 Å². The average Bonchev–Trinajstić information content (AvgIpc) is 2.91. The van der Waals surface area contributed by atoms with Gasteiger partial charge in [-0.25, -0.2) is 4.79 Å². The first kappa shape index (κ1) is 30.4. The van der Waals surface area contributed by atoms with Gasteiger partial charge < -0.3 is 19.3 Å². The molecule has 234 valence electrons. The Morgan fingerprint density at radius 3 is 2.33 bits per heavy atom. The first-order valence-corrected chi connectivity index (χ1v) is 16.5. The second-order valence-electron chi connectivity index (χ2n) is 16.5. The fourth-order valence-corrected chi connectivity index (χ4v) is 12.3. The van der Waals surface area contributed by atoms with E-state index in [1.165, 1.54) is 11.6 Å². The molecule has 11 unspecified atom stereocenters. The molecule has 2 heterocycles. The molecule has 7 aliphatic rings. The number of carbonyl (C=O) groups is 2. The van der Waals surface area contributed by atoms with Crippen LogP contribution in [0, 0.1) is 56.7 Å². The fourth-order valence-electron chi connectivity index (χ4n) is 12.3. The monoisotopic (exact) mass is 582 g/mol. The maximum atomic E-state index is 13.5. The largest absolute Gasteiger partial charge is 0.481 e. The van der Waals surface area contributed by atoms with Crippen molar-refractivity contribution >= 4 is 11.9 Å². The van der Waals surface area contributed by atoms with Gasteiger partial charge in [-0.1, -0.05) is 58.8 Å². The molecule has 5 aliphatic carbocycles. The number of carbonyl (C=O) groups excluding carboxylic acids is 1. The Balaban J connectivity index is 1.44. The Morgan fingerprint density at radius 1 is 1.02 bits per heavy atom. The van der Waals surface area contributed by atoms with E-state index in [9.17, 15) is 14.7 Å². The van der Waals surface area contributed by atoms with E-state index in [0.717, 1.165) is 50.7 Å². The summed E-state index contributed by atoms with van der Waals surface area (Å²) in [6.07, 6.45) is 10.6. The molecule has 0 radical (unpaired) electrons. The van der Waals surface area contributed by atoms with Gasteiger partial charge in [0.05, 0.1) is 6.61 Å². The highest BCUT2D eigenvalue weighted by molar-refractivity contribution is 5.84. The molecular formula is C36H54O6. The number of hydrogen-bond acceptors (Lipinski definition) is 5. The van der Waals surface area contributed by atoms with Crippen molar-refractivity contribution in [2.75, 3.05) is 13.7 Å². The van der Waals surface area contributed by atoms with Crippen LogP contribution in [0.4, 0.5) is 0 Å². The molecule has 2 saturated heterocycles. The maximum absolute atomic E-state index is 13.5. The molecule has 6 nitrogen and oxygen atoms in total. The molecule has 7 rings (SSSR count). The third-order valence-electron chi connectivity index (χ3n) is 14.8. The van der Waals surface area contributed by atoms with Gasteiger partial charge in [-0.05, 0) is 93.3 Å². The summed E-state index contributed by atoms with van der Waals surface area (Å²) in [5.41, 5.74) is 1.07. The number of esters is 1. The smallest absolute Gasteiger partial charge is 0.330 e. The number of ether oxygens (including phenoxy) is 3. The summed E-state index contributed by atoms with van der Waals surface area (Å²) in [4.78, 5) is 26.4. The molecule has 0 aromatic carbocycles. The van der Waals surface area contributed by atoms with Crippen molar-refractivity contribution in [1.82, 2.24) is 0 Å². The lowest BCUT2D eigenvalue weighted by molar-refractivity contribution is -0.402. The van der Waals surface area contributed by atoms with Crippen LogP contribution in [0.25, 0.3) is 0 Å². The van der Waals surface area contributed by atoms with Gasteiger partial charge in [-0.2, -0.15) is 0 Å². The molecule has 0 aromatic heterocycles. The molecule has 42 heavy (non-hydrogen) atoms. The number of aliphatic carboxylic acids is 1. The van der Waals surface area contributed by atoms with E-state index in [1.807, 2.05) is 21.0 Å². The van der Waals surface area contributed by atoms with Gasteiger partial charge in [0, 0.05) is 36.4 Å². The minimum atomic E-state index is -1.10. The number of carboxylic acids is 1. The fraction of sp³-hybridized carbons (Fsp3) is 0.833. The van der Waals surface area contributed by atoms with Crippen molar-refractivity contribution in [3.05, 3.63) is 23.3 Å². The van der Waals surface area contributed by atoms with E-state index in [2.05, 4.69) is 47.6 Å². The number of methoxy groups -OCH3 is 1. The van der Waals surface area contributed by atoms with E-state index >= 15 is 0 Å². The van der Waals surface area contributed by atoms with Crippen LogP contribution in [0.5, 0.6) is 0 Å². The predicted molar refractivity (Wildman–Crippen MR) is 161 cm³/mol. The molecule has 0 aromatic rings. The highest BCUT2D eigenvalue weighted by Crippen LogP contribution is 2.78. The van der Waals surface area contributed by atoms with Crippen LogP contribution in [-0.2, 0) is 23.8 Å². The number of hydrogen-bond donors (Lipinski definition) is 1. The molecule has 11 atom stereocenters. The topological polar surface area (TPSA) is 82.1 Å². The lowest BCUT2D eigenvalue weighted by Gasteiger charge is -2.75. The zero-order chi connectivity index (χ0) is 30.7. The van der Waals surface area contributed by atoms with Crippen molar-refractivity contribution < 1.29 is 28.9 Å². The summed E-state index contributed by atoms with van der Waals surface area (Å²) >= 11 is 0. The van der Waals surface area contributed by atoms with Crippen LogP contribution in [0.3, 0.4) is 0 Å². The average molecular weight is 583 g/mol. The maximum Gasteiger partial charge on any atom is 0.330 e. The summed E-state index contributed by atoms with van der Waals surface area (Å²) in [6, 6.07) is 0. The second-order valence-corrected chi connectivity index (χ2v) is 16.5. The molecule has 6 heteroatoms. The number of carboxylic acid groups (broad SMARTS) is 1. The van der Waals surface area contributed by atoms with Crippen molar-refractivity contribution in [1.29, 1.82) is 0 Å². The van der Waals surface area contributed by atoms with Gasteiger partial charge in [0.1, 0.15) is 11.5 Å². The molecule has 6 fully saturated rings. The van der Waals surface area contributed by atoms with Crippen LogP contribution < -0.4 is 0 Å². The van der Waals surface area contributed by atoms with Gasteiger partial charge in [0.2, 0.25) is 0 Å². The van der Waals surface area contributed by atoms with Crippen molar-refractivity contribution in [2.45, 2.75) is 119 Å². The highest BCUT2D eigenvalue weighted by Gasteiger charge is 2.75. The van der Waals surface area contributed by atoms with Gasteiger partial charge in [-0.15, -0.1) is 0 Å². The zero-order valence-electron chi connectivity index (χ0n) is 27.5. The summed E-state index contributed by atoms with van der Waals surface area (Å²) in [5.74, 6) is -0.404. The molecule has 4 saturated carbocycles. The van der Waals surface area contributed by atoms with Gasteiger partial charge in [0.15, 0.2) is 5.79 Å². The highest BCUT2D eigenvalue weighted by atomic mass is 16.7. The molecular weight excluding hydrogens is 528 g/mol. The van der Waals surface area contributed by atoms with Gasteiger partial charge in [0.25, 0.3) is 0 Å². The summed E-state index contributed by atoms with van der Waals surface area (Å²) < 4.78 is 19.0. The van der Waals surface area contributed by atoms with Gasteiger partial charge >= 0.3 is 11.9 Å². The molecule has 0 amide bonds. The standard InChI is InChI=1S/C36H54O6/c1-21(2)18-28(37)42-27-19-22(3)23(4)29-24-10-11-26-33(8,32(24,7)14-16-35(27,29)30(38)39)13-12-25-31(5,6)36(40-9)17-15-34(25,26)20-41-36/h10,18,22-23,25-27,29H,11-17,19-20H2,1-9H3,(H,38,39). The van der Waals surface area contributed by atoms with E-state index in [1.54, 1.807) is 0 Å². The van der Waals surface area contributed by atoms with Gasteiger partial charge in [-0.3, -0.25) is 4.79 Å². The van der Waals surface area contributed by atoms with E-state index < -0.39 is 29.2 Å². The lowest BCUT2D eigenvalue weighted by Crippen LogP contribution is -2.74. The Labute approximate surface area is 253 Å². The summed E-state index contributed by atoms with van der Waals surface area (Å²) in [6.45, 7) is 18.7. The quantitative estimate of drug-likeness (QED) is 0.209. The third kappa shape index (κ3) is 3.51. The Hall–Kier alpha value is -1.66. The normalized spacial score (nSPS) is 50.3. The molecule has 1 spiro atoms. The predicted octanol–water partition coefficient (Wildman–Crippen LogP) is 7.57. The Kier molecular flexibility index (Phi) is 6.81. The number of allylic oxidation sites excluding steroid dienone is 3. The van der Waals surface area contributed by atoms with E-state index in [0.29, 0.717) is 24.7 Å². The van der Waals surface area contributed by atoms with Crippen LogP contribution in [-0.4, -0.2) is 42.7 Å². The summed E-state index contributed by atoms with van der Waals surface area (Å²) in [7, 11) is 1.82.